The van der Waals surface area contributed by atoms with E-state index in [1.165, 1.54) is 0 Å². The van der Waals surface area contributed by atoms with Crippen molar-refractivity contribution in [2.75, 3.05) is 0 Å². The molecule has 1 heterocycles. The first-order valence-electron chi connectivity index (χ1n) is 3.39. The third kappa shape index (κ3) is 1.78. The van der Waals surface area contributed by atoms with E-state index in [0.717, 1.165) is 0 Å². The van der Waals surface area contributed by atoms with Gasteiger partial charge in [0.15, 0.2) is 0 Å². The molecule has 0 amide bonds. The van der Waals surface area contributed by atoms with Crippen molar-refractivity contribution in [2.24, 2.45) is 0 Å². The van der Waals surface area contributed by atoms with Crippen LogP contribution in [0, 0.1) is 0 Å². The molecule has 0 radical (unpaired) electrons. The Hall–Kier alpha value is 0.434. The molecule has 42 valence electrons. The minimum absolute atomic E-state index is 0.0444. The van der Waals surface area contributed by atoms with Gasteiger partial charge in [0.25, 0.3) is 0 Å². The Morgan fingerprint density at radius 1 is 1.00 bits per heavy atom. The van der Waals surface area contributed by atoms with Crippen LogP contribution >= 0.6 is 0 Å². The van der Waals surface area contributed by atoms with Crippen molar-refractivity contribution in [3.8, 4) is 0 Å². The van der Waals surface area contributed by atoms with E-state index in [9.17, 15) is 0 Å². The summed E-state index contributed by atoms with van der Waals surface area (Å²) >= 11 is 0. The third-order valence-electron chi connectivity index (χ3n) is 1.89. The van der Waals surface area contributed by atoms with Crippen molar-refractivity contribution in [3.05, 3.63) is 0 Å². The standard InChI is InChI=1S/C5H14Si2/c6-7-4-2-1-3-5-7/h7H,1-5H2,6H3. The Morgan fingerprint density at radius 3 is 1.86 bits per heavy atom. The summed E-state index contributed by atoms with van der Waals surface area (Å²) in [5.41, 5.74) is 0. The molecule has 1 fully saturated rings. The minimum atomic E-state index is 0.0444. The van der Waals surface area contributed by atoms with E-state index in [1.807, 2.05) is 0 Å². The molecule has 0 aromatic carbocycles. The molecule has 0 spiro atoms. The van der Waals surface area contributed by atoms with Gasteiger partial charge in [-0.05, 0) is 9.76 Å². The highest BCUT2D eigenvalue weighted by atomic mass is 29.1. The van der Waals surface area contributed by atoms with Crippen LogP contribution < -0.4 is 0 Å². The highest BCUT2D eigenvalue weighted by molar-refractivity contribution is 7.03. The molecule has 1 saturated heterocycles. The van der Waals surface area contributed by atoms with Crippen LogP contribution in [0.1, 0.15) is 19.3 Å². The fourth-order valence-electron chi connectivity index (χ4n) is 1.31. The van der Waals surface area contributed by atoms with Gasteiger partial charge in [-0.15, -0.1) is 0 Å². The average molecular weight is 130 g/mol. The molecule has 0 bridgehead atoms. The first-order valence-corrected chi connectivity index (χ1v) is 9.65. The predicted molar refractivity (Wildman–Crippen MR) is 40.6 cm³/mol. The van der Waals surface area contributed by atoms with Gasteiger partial charge in [0.1, 0.15) is 0 Å². The molecular weight excluding hydrogens is 116 g/mol. The lowest BCUT2D eigenvalue weighted by Gasteiger charge is -2.14. The Kier molecular flexibility index (Phi) is 2.12. The van der Waals surface area contributed by atoms with E-state index in [2.05, 4.69) is 0 Å². The lowest BCUT2D eigenvalue weighted by atomic mass is 10.3. The highest BCUT2D eigenvalue weighted by Gasteiger charge is 2.07. The first kappa shape index (κ1) is 5.57. The van der Waals surface area contributed by atoms with Gasteiger partial charge in [-0.2, -0.15) is 0 Å². The molecule has 0 aromatic rings. The Balaban J connectivity index is 2.12. The van der Waals surface area contributed by atoms with E-state index in [4.69, 9.17) is 0 Å². The van der Waals surface area contributed by atoms with Crippen molar-refractivity contribution >= 4 is 18.1 Å². The zero-order valence-corrected chi connectivity index (χ0v) is 8.27. The first-order chi connectivity index (χ1) is 3.39. The minimum Gasteiger partial charge on any atom is -0.0625 e. The number of hydrogen-bond donors (Lipinski definition) is 0. The van der Waals surface area contributed by atoms with Crippen LogP contribution in [0.4, 0.5) is 0 Å². The van der Waals surface area contributed by atoms with Crippen molar-refractivity contribution in [1.29, 1.82) is 0 Å². The molecule has 7 heavy (non-hydrogen) atoms. The van der Waals surface area contributed by atoms with Gasteiger partial charge in [0.05, 0.1) is 0 Å². The summed E-state index contributed by atoms with van der Waals surface area (Å²) in [5.74, 6) is 0. The van der Waals surface area contributed by atoms with Crippen molar-refractivity contribution < 1.29 is 0 Å². The van der Waals surface area contributed by atoms with E-state index in [1.54, 1.807) is 41.1 Å². The summed E-state index contributed by atoms with van der Waals surface area (Å²) in [6.45, 7) is 0. The Bertz CT molecular complexity index is 48.0. The van der Waals surface area contributed by atoms with Gasteiger partial charge < -0.3 is 0 Å². The molecule has 2 heteroatoms. The van der Waals surface area contributed by atoms with E-state index in [-0.39, 0.29) is 8.31 Å². The van der Waals surface area contributed by atoms with Gasteiger partial charge in [0.2, 0.25) is 0 Å². The second-order valence-electron chi connectivity index (χ2n) is 2.74. The van der Waals surface area contributed by atoms with Crippen LogP contribution in [0.2, 0.25) is 12.1 Å². The highest BCUT2D eigenvalue weighted by Crippen LogP contribution is 2.15. The molecule has 0 nitrogen and oxygen atoms in total. The average Bonchev–Trinajstić information content (AvgIpc) is 1.69. The van der Waals surface area contributed by atoms with Gasteiger partial charge in [-0.3, -0.25) is 0 Å². The summed E-state index contributed by atoms with van der Waals surface area (Å²) in [7, 11) is 1.63. The van der Waals surface area contributed by atoms with Crippen LogP contribution in [-0.2, 0) is 0 Å². The predicted octanol–water partition coefficient (Wildman–Crippen LogP) is 0.259. The van der Waals surface area contributed by atoms with Crippen molar-refractivity contribution in [2.45, 2.75) is 31.4 Å². The summed E-state index contributed by atoms with van der Waals surface area (Å²) < 4.78 is 0. The van der Waals surface area contributed by atoms with Crippen LogP contribution in [0.3, 0.4) is 0 Å². The van der Waals surface area contributed by atoms with E-state index < -0.39 is 0 Å². The second kappa shape index (κ2) is 2.67. The topological polar surface area (TPSA) is 0 Å². The van der Waals surface area contributed by atoms with Crippen molar-refractivity contribution in [3.63, 3.8) is 0 Å². The number of hydrogen-bond acceptors (Lipinski definition) is 0. The van der Waals surface area contributed by atoms with Crippen LogP contribution in [0.25, 0.3) is 0 Å². The SMILES string of the molecule is [SiH3][SiH]1CCCCC1. The molecule has 0 aliphatic carbocycles. The molecule has 0 saturated carbocycles. The smallest absolute Gasteiger partial charge is 0.0202 e. The third-order valence-corrected chi connectivity index (χ3v) is 8.15. The maximum Gasteiger partial charge on any atom is 0.0202 e. The van der Waals surface area contributed by atoms with E-state index >= 15 is 0 Å². The van der Waals surface area contributed by atoms with Gasteiger partial charge in [0, 0.05) is 8.31 Å². The maximum atomic E-state index is 1.69. The van der Waals surface area contributed by atoms with Crippen LogP contribution in [0.15, 0.2) is 0 Å². The molecule has 1 aliphatic heterocycles. The molecule has 0 N–H and O–H groups in total. The second-order valence-corrected chi connectivity index (χ2v) is 11.0. The lowest BCUT2D eigenvalue weighted by Crippen LogP contribution is -2.15. The molecule has 0 aromatic heterocycles. The van der Waals surface area contributed by atoms with Crippen LogP contribution in [0.5, 0.6) is 0 Å². The molecule has 0 atom stereocenters. The summed E-state index contributed by atoms with van der Waals surface area (Å²) in [4.78, 5) is 0. The molecular formula is C5H14Si2. The summed E-state index contributed by atoms with van der Waals surface area (Å²) in [6.07, 6.45) is 4.71. The van der Waals surface area contributed by atoms with Gasteiger partial charge in [-0.1, -0.05) is 31.4 Å². The normalized spacial score (nSPS) is 25.7. The lowest BCUT2D eigenvalue weighted by molar-refractivity contribution is 0.730. The molecule has 1 rings (SSSR count). The van der Waals surface area contributed by atoms with Gasteiger partial charge >= 0.3 is 0 Å². The quantitative estimate of drug-likeness (QED) is 0.413. The van der Waals surface area contributed by atoms with Crippen molar-refractivity contribution in [1.82, 2.24) is 0 Å². The Labute approximate surface area is 50.1 Å². The summed E-state index contributed by atoms with van der Waals surface area (Å²) in [5, 5.41) is 0. The molecule has 0 unspecified atom stereocenters. The fraction of sp³-hybridized carbons (Fsp3) is 1.00. The zero-order valence-electron chi connectivity index (χ0n) is 5.11. The maximum absolute atomic E-state index is 1.69. The largest absolute Gasteiger partial charge is 0.0625 e. The Morgan fingerprint density at radius 2 is 1.57 bits per heavy atom. The summed E-state index contributed by atoms with van der Waals surface area (Å²) in [6, 6.07) is 3.37. The monoisotopic (exact) mass is 130 g/mol. The fourth-order valence-corrected chi connectivity index (χ4v) is 6.02. The zero-order chi connectivity index (χ0) is 5.11. The van der Waals surface area contributed by atoms with E-state index in [0.29, 0.717) is 0 Å². The van der Waals surface area contributed by atoms with Gasteiger partial charge in [-0.25, -0.2) is 0 Å². The molecule has 1 aliphatic rings. The van der Waals surface area contributed by atoms with Crippen LogP contribution in [-0.4, -0.2) is 18.1 Å². The number of rotatable bonds is 0.